The number of phenols is 1. The van der Waals surface area contributed by atoms with Gasteiger partial charge < -0.3 is 10.2 Å². The van der Waals surface area contributed by atoms with E-state index in [1.807, 2.05) is 12.1 Å². The first-order valence-electron chi connectivity index (χ1n) is 5.21. The van der Waals surface area contributed by atoms with Gasteiger partial charge in [-0.1, -0.05) is 18.6 Å². The van der Waals surface area contributed by atoms with E-state index in [1.54, 1.807) is 12.1 Å². The molecule has 2 atom stereocenters. The van der Waals surface area contributed by atoms with Gasteiger partial charge in [0.2, 0.25) is 0 Å². The molecular weight excluding hydrogens is 176 g/mol. The Morgan fingerprint density at radius 2 is 1.86 bits per heavy atom. The van der Waals surface area contributed by atoms with Gasteiger partial charge >= 0.3 is 0 Å². The van der Waals surface area contributed by atoms with Crippen LogP contribution in [-0.2, 0) is 6.42 Å². The zero-order valence-corrected chi connectivity index (χ0v) is 8.19. The smallest absolute Gasteiger partial charge is 0.115 e. The van der Waals surface area contributed by atoms with E-state index in [-0.39, 0.29) is 6.10 Å². The molecule has 2 heteroatoms. The lowest BCUT2D eigenvalue weighted by Crippen LogP contribution is -2.15. The summed E-state index contributed by atoms with van der Waals surface area (Å²) in [6.07, 6.45) is 4.03. The Bertz CT molecular complexity index is 292. The van der Waals surface area contributed by atoms with Gasteiger partial charge in [-0.2, -0.15) is 0 Å². The minimum atomic E-state index is -0.121. The van der Waals surface area contributed by atoms with Crippen LogP contribution in [0.25, 0.3) is 0 Å². The van der Waals surface area contributed by atoms with Crippen molar-refractivity contribution in [2.24, 2.45) is 5.92 Å². The van der Waals surface area contributed by atoms with Crippen molar-refractivity contribution in [3.8, 4) is 5.75 Å². The summed E-state index contributed by atoms with van der Waals surface area (Å²) < 4.78 is 0. The highest BCUT2D eigenvalue weighted by Gasteiger charge is 2.24. The van der Waals surface area contributed by atoms with Crippen LogP contribution in [0.1, 0.15) is 24.8 Å². The summed E-state index contributed by atoms with van der Waals surface area (Å²) in [4.78, 5) is 0. The van der Waals surface area contributed by atoms with E-state index < -0.39 is 0 Å². The van der Waals surface area contributed by atoms with Crippen LogP contribution in [0.4, 0.5) is 0 Å². The number of aliphatic hydroxyl groups excluding tert-OH is 1. The van der Waals surface area contributed by atoms with Gasteiger partial charge in [0.15, 0.2) is 0 Å². The summed E-state index contributed by atoms with van der Waals surface area (Å²) in [5, 5.41) is 18.8. The molecule has 0 heterocycles. The summed E-state index contributed by atoms with van der Waals surface area (Å²) in [6.45, 7) is 0. The van der Waals surface area contributed by atoms with Crippen LogP contribution in [0.3, 0.4) is 0 Å². The number of hydrogen-bond donors (Lipinski definition) is 2. The maximum Gasteiger partial charge on any atom is 0.115 e. The fraction of sp³-hybridized carbons (Fsp3) is 0.500. The second-order valence-electron chi connectivity index (χ2n) is 4.13. The Hall–Kier alpha value is -1.02. The molecule has 2 N–H and O–H groups in total. The van der Waals surface area contributed by atoms with Crippen LogP contribution in [0.15, 0.2) is 24.3 Å². The number of benzene rings is 1. The molecule has 1 aromatic carbocycles. The summed E-state index contributed by atoms with van der Waals surface area (Å²) in [5.41, 5.74) is 1.20. The highest BCUT2D eigenvalue weighted by atomic mass is 16.3. The van der Waals surface area contributed by atoms with E-state index in [0.717, 1.165) is 25.7 Å². The molecule has 0 unspecified atom stereocenters. The zero-order valence-electron chi connectivity index (χ0n) is 8.19. The number of phenolic OH excluding ortho intramolecular Hbond substituents is 1. The van der Waals surface area contributed by atoms with Crippen molar-refractivity contribution < 1.29 is 10.2 Å². The van der Waals surface area contributed by atoms with Gasteiger partial charge in [0.05, 0.1) is 6.10 Å². The molecule has 2 rings (SSSR count). The largest absolute Gasteiger partial charge is 0.508 e. The van der Waals surface area contributed by atoms with Crippen molar-refractivity contribution in [3.63, 3.8) is 0 Å². The van der Waals surface area contributed by atoms with E-state index >= 15 is 0 Å². The van der Waals surface area contributed by atoms with Crippen molar-refractivity contribution >= 4 is 0 Å². The fourth-order valence-corrected chi connectivity index (χ4v) is 2.19. The Kier molecular flexibility index (Phi) is 2.73. The van der Waals surface area contributed by atoms with E-state index in [2.05, 4.69) is 0 Å². The predicted octanol–water partition coefficient (Wildman–Crippen LogP) is 2.10. The van der Waals surface area contributed by atoms with E-state index in [9.17, 15) is 5.11 Å². The summed E-state index contributed by atoms with van der Waals surface area (Å²) in [6, 6.07) is 7.27. The van der Waals surface area contributed by atoms with Gasteiger partial charge in [0, 0.05) is 0 Å². The molecule has 1 aromatic rings. The molecular formula is C12H16O2. The average molecular weight is 192 g/mol. The Morgan fingerprint density at radius 3 is 2.43 bits per heavy atom. The second kappa shape index (κ2) is 4.01. The van der Waals surface area contributed by atoms with Crippen LogP contribution in [0, 0.1) is 5.92 Å². The van der Waals surface area contributed by atoms with E-state index in [1.165, 1.54) is 5.56 Å². The van der Waals surface area contributed by atoms with Crippen molar-refractivity contribution in [1.29, 1.82) is 0 Å². The molecule has 0 amide bonds. The second-order valence-corrected chi connectivity index (χ2v) is 4.13. The van der Waals surface area contributed by atoms with Crippen molar-refractivity contribution in [2.45, 2.75) is 31.8 Å². The molecule has 14 heavy (non-hydrogen) atoms. The van der Waals surface area contributed by atoms with Gasteiger partial charge in [-0.25, -0.2) is 0 Å². The summed E-state index contributed by atoms with van der Waals surface area (Å²) >= 11 is 0. The molecule has 1 aliphatic carbocycles. The molecule has 1 fully saturated rings. The molecule has 0 aromatic heterocycles. The van der Waals surface area contributed by atoms with E-state index in [0.29, 0.717) is 11.7 Å². The first kappa shape index (κ1) is 9.53. The number of aliphatic hydroxyl groups is 1. The molecule has 2 nitrogen and oxygen atoms in total. The third kappa shape index (κ3) is 2.07. The molecule has 1 saturated carbocycles. The molecule has 1 aliphatic rings. The van der Waals surface area contributed by atoms with Gasteiger partial charge in [0.25, 0.3) is 0 Å². The zero-order chi connectivity index (χ0) is 9.97. The van der Waals surface area contributed by atoms with Crippen LogP contribution in [0.5, 0.6) is 5.75 Å². The predicted molar refractivity (Wildman–Crippen MR) is 55.2 cm³/mol. The standard InChI is InChI=1S/C12H16O2/c13-11-6-4-9(5-7-11)8-10-2-1-3-12(10)14/h4-7,10,12-14H,1-3,8H2/t10-,12+/m1/s1. The summed E-state index contributed by atoms with van der Waals surface area (Å²) in [7, 11) is 0. The maximum atomic E-state index is 9.66. The quantitative estimate of drug-likeness (QED) is 0.753. The lowest BCUT2D eigenvalue weighted by atomic mass is 9.96. The Labute approximate surface area is 84.2 Å². The van der Waals surface area contributed by atoms with Gasteiger partial charge in [0.1, 0.15) is 5.75 Å². The van der Waals surface area contributed by atoms with Crippen LogP contribution < -0.4 is 0 Å². The third-order valence-corrected chi connectivity index (χ3v) is 3.05. The molecule has 0 aliphatic heterocycles. The molecule has 0 saturated heterocycles. The van der Waals surface area contributed by atoms with Crippen LogP contribution in [-0.4, -0.2) is 16.3 Å². The van der Waals surface area contributed by atoms with Gasteiger partial charge in [-0.05, 0) is 42.9 Å². The monoisotopic (exact) mass is 192 g/mol. The highest BCUT2D eigenvalue weighted by molar-refractivity contribution is 5.26. The Balaban J connectivity index is 2.00. The molecule has 0 bridgehead atoms. The normalized spacial score (nSPS) is 26.6. The lowest BCUT2D eigenvalue weighted by molar-refractivity contribution is 0.132. The first-order valence-corrected chi connectivity index (χ1v) is 5.21. The van der Waals surface area contributed by atoms with E-state index in [4.69, 9.17) is 5.11 Å². The Morgan fingerprint density at radius 1 is 1.14 bits per heavy atom. The molecule has 0 spiro atoms. The van der Waals surface area contributed by atoms with Crippen molar-refractivity contribution in [2.75, 3.05) is 0 Å². The van der Waals surface area contributed by atoms with Gasteiger partial charge in [-0.15, -0.1) is 0 Å². The van der Waals surface area contributed by atoms with Crippen LogP contribution in [0.2, 0.25) is 0 Å². The minimum Gasteiger partial charge on any atom is -0.508 e. The average Bonchev–Trinajstić information content (AvgIpc) is 2.56. The number of rotatable bonds is 2. The third-order valence-electron chi connectivity index (χ3n) is 3.05. The summed E-state index contributed by atoms with van der Waals surface area (Å²) in [5.74, 6) is 0.722. The first-order chi connectivity index (χ1) is 6.75. The van der Waals surface area contributed by atoms with Crippen molar-refractivity contribution in [1.82, 2.24) is 0 Å². The van der Waals surface area contributed by atoms with Crippen molar-refractivity contribution in [3.05, 3.63) is 29.8 Å². The lowest BCUT2D eigenvalue weighted by Gasteiger charge is -2.13. The fourth-order valence-electron chi connectivity index (χ4n) is 2.19. The van der Waals surface area contributed by atoms with Gasteiger partial charge in [-0.3, -0.25) is 0 Å². The number of hydrogen-bond acceptors (Lipinski definition) is 2. The topological polar surface area (TPSA) is 40.5 Å². The highest BCUT2D eigenvalue weighted by Crippen LogP contribution is 2.28. The maximum absolute atomic E-state index is 9.66. The SMILES string of the molecule is Oc1ccc(C[C@H]2CCC[C@@H]2O)cc1. The molecule has 0 radical (unpaired) electrons. The minimum absolute atomic E-state index is 0.121. The van der Waals surface area contributed by atoms with Crippen LogP contribution >= 0.6 is 0 Å². The molecule has 76 valence electrons. The number of aromatic hydroxyl groups is 1.